The van der Waals surface area contributed by atoms with Crippen molar-refractivity contribution in [1.82, 2.24) is 10.6 Å². The van der Waals surface area contributed by atoms with Crippen molar-refractivity contribution >= 4 is 0 Å². The third kappa shape index (κ3) is 5.01. The van der Waals surface area contributed by atoms with Crippen LogP contribution in [-0.2, 0) is 5.41 Å². The second-order valence-electron chi connectivity index (χ2n) is 6.76. The quantitative estimate of drug-likeness (QED) is 0.758. The Bertz CT molecular complexity index is 408. The van der Waals surface area contributed by atoms with Gasteiger partial charge in [0.05, 0.1) is 7.11 Å². The number of rotatable bonds is 7. The molecule has 0 radical (unpaired) electrons. The molecule has 1 aliphatic heterocycles. The molecule has 1 aromatic carbocycles. The molecule has 1 fully saturated rings. The second-order valence-corrected chi connectivity index (χ2v) is 6.76. The number of benzene rings is 1. The lowest BCUT2D eigenvalue weighted by Crippen LogP contribution is -2.35. The standard InChI is InChI=1S/C18H30N2O/c1-18(2,16-4-6-17(21-3)7-5-16)10-13-20-14-15-8-11-19-12-9-15/h4-7,15,19-20H,8-14H2,1-3H3. The average Bonchev–Trinajstić information content (AvgIpc) is 2.53. The molecule has 0 aliphatic carbocycles. The maximum atomic E-state index is 5.23. The highest BCUT2D eigenvalue weighted by atomic mass is 16.5. The zero-order valence-corrected chi connectivity index (χ0v) is 13.7. The van der Waals surface area contributed by atoms with Gasteiger partial charge < -0.3 is 15.4 Å². The predicted molar refractivity (Wildman–Crippen MR) is 89.1 cm³/mol. The molecule has 0 bridgehead atoms. The number of ether oxygens (including phenoxy) is 1. The molecule has 1 heterocycles. The molecule has 3 nitrogen and oxygen atoms in total. The number of hydrogen-bond donors (Lipinski definition) is 2. The predicted octanol–water partition coefficient (Wildman–Crippen LogP) is 2.95. The Hall–Kier alpha value is -1.06. The van der Waals surface area contributed by atoms with Crippen LogP contribution in [0.25, 0.3) is 0 Å². The summed E-state index contributed by atoms with van der Waals surface area (Å²) in [7, 11) is 1.71. The van der Waals surface area contributed by atoms with Gasteiger partial charge in [-0.25, -0.2) is 0 Å². The fraction of sp³-hybridized carbons (Fsp3) is 0.667. The highest BCUT2D eigenvalue weighted by Gasteiger charge is 2.20. The second kappa shape index (κ2) is 7.81. The maximum Gasteiger partial charge on any atom is 0.118 e. The van der Waals surface area contributed by atoms with Gasteiger partial charge in [0.25, 0.3) is 0 Å². The maximum absolute atomic E-state index is 5.23. The summed E-state index contributed by atoms with van der Waals surface area (Å²) >= 11 is 0. The van der Waals surface area contributed by atoms with Crippen molar-refractivity contribution in [2.75, 3.05) is 33.3 Å². The third-order valence-electron chi connectivity index (χ3n) is 4.69. The van der Waals surface area contributed by atoms with Gasteiger partial charge in [-0.3, -0.25) is 0 Å². The van der Waals surface area contributed by atoms with Crippen LogP contribution in [0.15, 0.2) is 24.3 Å². The Kier molecular flexibility index (Phi) is 6.07. The van der Waals surface area contributed by atoms with E-state index in [4.69, 9.17) is 4.74 Å². The monoisotopic (exact) mass is 290 g/mol. The first kappa shape index (κ1) is 16.3. The Morgan fingerprint density at radius 3 is 2.48 bits per heavy atom. The Labute approximate surface area is 129 Å². The summed E-state index contributed by atoms with van der Waals surface area (Å²) in [6.45, 7) is 9.26. The molecule has 3 heteroatoms. The van der Waals surface area contributed by atoms with Gasteiger partial charge >= 0.3 is 0 Å². The minimum Gasteiger partial charge on any atom is -0.497 e. The van der Waals surface area contributed by atoms with E-state index in [1.54, 1.807) is 7.11 Å². The third-order valence-corrected chi connectivity index (χ3v) is 4.69. The molecule has 2 N–H and O–H groups in total. The van der Waals surface area contributed by atoms with Crippen molar-refractivity contribution in [3.8, 4) is 5.75 Å². The number of hydrogen-bond acceptors (Lipinski definition) is 3. The summed E-state index contributed by atoms with van der Waals surface area (Å²) in [5.74, 6) is 1.79. The summed E-state index contributed by atoms with van der Waals surface area (Å²) in [6, 6.07) is 8.48. The normalized spacial score (nSPS) is 16.9. The van der Waals surface area contributed by atoms with Gasteiger partial charge in [0.2, 0.25) is 0 Å². The number of methoxy groups -OCH3 is 1. The molecule has 0 aromatic heterocycles. The van der Waals surface area contributed by atoms with Gasteiger partial charge in [-0.05, 0) is 74.5 Å². The first-order chi connectivity index (χ1) is 10.1. The van der Waals surface area contributed by atoms with Crippen LogP contribution in [0.5, 0.6) is 5.75 Å². The molecular formula is C18H30N2O. The van der Waals surface area contributed by atoms with Crippen molar-refractivity contribution in [1.29, 1.82) is 0 Å². The fourth-order valence-corrected chi connectivity index (χ4v) is 2.98. The van der Waals surface area contributed by atoms with E-state index < -0.39 is 0 Å². The van der Waals surface area contributed by atoms with Gasteiger partial charge in [0.15, 0.2) is 0 Å². The lowest BCUT2D eigenvalue weighted by molar-refractivity contribution is 0.348. The van der Waals surface area contributed by atoms with E-state index in [2.05, 4.69) is 48.7 Å². The van der Waals surface area contributed by atoms with E-state index in [-0.39, 0.29) is 5.41 Å². The molecule has 118 valence electrons. The van der Waals surface area contributed by atoms with Crippen molar-refractivity contribution in [3.63, 3.8) is 0 Å². The molecular weight excluding hydrogens is 260 g/mol. The average molecular weight is 290 g/mol. The summed E-state index contributed by atoms with van der Waals surface area (Å²) in [6.07, 6.45) is 3.79. The zero-order chi connectivity index (χ0) is 15.1. The lowest BCUT2D eigenvalue weighted by atomic mass is 9.81. The molecule has 0 spiro atoms. The van der Waals surface area contributed by atoms with Crippen molar-refractivity contribution in [2.24, 2.45) is 5.92 Å². The largest absolute Gasteiger partial charge is 0.497 e. The molecule has 0 amide bonds. The molecule has 1 aliphatic rings. The highest BCUT2D eigenvalue weighted by Crippen LogP contribution is 2.28. The summed E-state index contributed by atoms with van der Waals surface area (Å²) in [4.78, 5) is 0. The summed E-state index contributed by atoms with van der Waals surface area (Å²) in [5.41, 5.74) is 1.58. The summed E-state index contributed by atoms with van der Waals surface area (Å²) in [5, 5.41) is 7.07. The van der Waals surface area contributed by atoms with E-state index in [1.165, 1.54) is 38.0 Å². The van der Waals surface area contributed by atoms with E-state index in [9.17, 15) is 0 Å². The van der Waals surface area contributed by atoms with Crippen LogP contribution in [0.3, 0.4) is 0 Å². The van der Waals surface area contributed by atoms with E-state index in [0.29, 0.717) is 0 Å². The van der Waals surface area contributed by atoms with E-state index in [1.807, 2.05) is 0 Å². The zero-order valence-electron chi connectivity index (χ0n) is 13.7. The van der Waals surface area contributed by atoms with Crippen molar-refractivity contribution < 1.29 is 4.74 Å². The van der Waals surface area contributed by atoms with Crippen LogP contribution >= 0.6 is 0 Å². The van der Waals surface area contributed by atoms with Gasteiger partial charge in [0.1, 0.15) is 5.75 Å². The lowest BCUT2D eigenvalue weighted by Gasteiger charge is -2.27. The Balaban J connectivity index is 1.74. The van der Waals surface area contributed by atoms with Gasteiger partial charge in [-0.1, -0.05) is 26.0 Å². The van der Waals surface area contributed by atoms with Crippen LogP contribution < -0.4 is 15.4 Å². The van der Waals surface area contributed by atoms with Gasteiger partial charge in [0, 0.05) is 0 Å². The minimum atomic E-state index is 0.202. The topological polar surface area (TPSA) is 33.3 Å². The van der Waals surface area contributed by atoms with Crippen molar-refractivity contribution in [2.45, 2.75) is 38.5 Å². The number of piperidine rings is 1. The van der Waals surface area contributed by atoms with Crippen LogP contribution in [0.1, 0.15) is 38.7 Å². The van der Waals surface area contributed by atoms with Crippen molar-refractivity contribution in [3.05, 3.63) is 29.8 Å². The fourth-order valence-electron chi connectivity index (χ4n) is 2.98. The summed E-state index contributed by atoms with van der Waals surface area (Å²) < 4.78 is 5.23. The Morgan fingerprint density at radius 1 is 1.19 bits per heavy atom. The SMILES string of the molecule is COc1ccc(C(C)(C)CCNCC2CCNCC2)cc1. The molecule has 2 rings (SSSR count). The van der Waals surface area contributed by atoms with E-state index >= 15 is 0 Å². The molecule has 21 heavy (non-hydrogen) atoms. The van der Waals surface area contributed by atoms with Crippen LogP contribution in [-0.4, -0.2) is 33.3 Å². The Morgan fingerprint density at radius 2 is 1.86 bits per heavy atom. The smallest absolute Gasteiger partial charge is 0.118 e. The molecule has 1 saturated heterocycles. The van der Waals surface area contributed by atoms with Crippen LogP contribution in [0, 0.1) is 5.92 Å². The minimum absolute atomic E-state index is 0.202. The van der Waals surface area contributed by atoms with Gasteiger partial charge in [-0.15, -0.1) is 0 Å². The van der Waals surface area contributed by atoms with Gasteiger partial charge in [-0.2, -0.15) is 0 Å². The number of nitrogens with one attached hydrogen (secondary N) is 2. The molecule has 0 atom stereocenters. The van der Waals surface area contributed by atoms with Crippen LogP contribution in [0.4, 0.5) is 0 Å². The molecule has 1 aromatic rings. The molecule has 0 saturated carbocycles. The highest BCUT2D eigenvalue weighted by molar-refractivity contribution is 5.31. The first-order valence-electron chi connectivity index (χ1n) is 8.18. The first-order valence-corrected chi connectivity index (χ1v) is 8.18. The van der Waals surface area contributed by atoms with E-state index in [0.717, 1.165) is 24.6 Å². The molecule has 0 unspecified atom stereocenters. The van der Waals surface area contributed by atoms with Crippen LogP contribution in [0.2, 0.25) is 0 Å².